The summed E-state index contributed by atoms with van der Waals surface area (Å²) in [4.78, 5) is 23.6. The van der Waals surface area contributed by atoms with Crippen LogP contribution in [-0.4, -0.2) is 55.3 Å². The zero-order chi connectivity index (χ0) is 25.5. The first kappa shape index (κ1) is 23.0. The number of aryl methyl sites for hydroxylation is 2. The molecule has 1 aliphatic heterocycles. The van der Waals surface area contributed by atoms with E-state index in [0.29, 0.717) is 41.6 Å². The van der Waals surface area contributed by atoms with E-state index in [2.05, 4.69) is 35.0 Å². The molecule has 6 rings (SSSR count). The zero-order valence-electron chi connectivity index (χ0n) is 20.0. The molecule has 0 saturated carbocycles. The molecule has 0 atom stereocenters. The Labute approximate surface area is 209 Å². The Morgan fingerprint density at radius 1 is 1.03 bits per heavy atom. The molecule has 10 nitrogen and oxygen atoms in total. The van der Waals surface area contributed by atoms with Gasteiger partial charge in [-0.1, -0.05) is 0 Å². The lowest BCUT2D eigenvalue weighted by Crippen LogP contribution is -2.53. The first-order valence-corrected chi connectivity index (χ1v) is 11.6. The minimum atomic E-state index is -2.79. The Kier molecular flexibility index (Phi) is 5.72. The fourth-order valence-corrected chi connectivity index (χ4v) is 4.21. The van der Waals surface area contributed by atoms with Crippen molar-refractivity contribution in [1.82, 2.24) is 29.5 Å². The molecule has 12 heteroatoms. The van der Waals surface area contributed by atoms with Crippen molar-refractivity contribution in [2.75, 3.05) is 23.3 Å². The third kappa shape index (κ3) is 4.58. The molecular formula is C25H22F2N8O2. The molecule has 188 valence electrons. The van der Waals surface area contributed by atoms with Crippen LogP contribution in [0.4, 0.5) is 26.2 Å². The molecule has 0 amide bonds. The molecule has 1 saturated heterocycles. The lowest BCUT2D eigenvalue weighted by Gasteiger charge is -2.38. The first-order chi connectivity index (χ1) is 17.9. The number of fused-ring (bicyclic) bond motifs is 2. The molecule has 0 bridgehead atoms. The largest absolute Gasteiger partial charge is 0.457 e. The molecule has 5 aromatic rings. The first-order valence-electron chi connectivity index (χ1n) is 11.6. The van der Waals surface area contributed by atoms with E-state index in [1.807, 2.05) is 54.9 Å². The van der Waals surface area contributed by atoms with Gasteiger partial charge in [0.15, 0.2) is 5.82 Å². The second kappa shape index (κ2) is 9.21. The highest BCUT2D eigenvalue weighted by Crippen LogP contribution is 2.31. The normalized spacial score (nSPS) is 13.9. The fraction of sp³-hybridized carbons (Fsp3) is 0.240. The summed E-state index contributed by atoms with van der Waals surface area (Å²) in [5.41, 5.74) is 4.69. The van der Waals surface area contributed by atoms with Crippen LogP contribution in [0.5, 0.6) is 11.5 Å². The van der Waals surface area contributed by atoms with Crippen molar-refractivity contribution >= 4 is 39.5 Å². The number of ether oxygens (including phenoxy) is 2. The van der Waals surface area contributed by atoms with Gasteiger partial charge in [0.2, 0.25) is 5.95 Å². The maximum Gasteiger partial charge on any atom is 0.345 e. The van der Waals surface area contributed by atoms with Crippen molar-refractivity contribution in [1.29, 1.82) is 0 Å². The molecule has 37 heavy (non-hydrogen) atoms. The number of rotatable bonds is 7. The average molecular weight is 505 g/mol. The minimum absolute atomic E-state index is 0.292. The van der Waals surface area contributed by atoms with Gasteiger partial charge in [-0.15, -0.1) is 0 Å². The SMILES string of the molecule is Cc1cc(Nc2ncnc3cnc(N4CC(OC(F)F)C4)nc23)ccc1Oc1ccc2c(c1)ncn2C. The standard InChI is InChI=1S/C25H22F2N8O2/c1-14-7-15(3-6-21(14)36-16-4-5-20-18(8-16)31-13-34(20)2)32-23-22-19(29-12-30-23)9-28-25(33-22)35-10-17(11-35)37-24(26)27/h3-9,12-13,17,24H,10-11H2,1-2H3,(H,29,30,32). The summed E-state index contributed by atoms with van der Waals surface area (Å²) >= 11 is 0. The zero-order valence-corrected chi connectivity index (χ0v) is 20.0. The van der Waals surface area contributed by atoms with E-state index >= 15 is 0 Å². The predicted octanol–water partition coefficient (Wildman–Crippen LogP) is 4.58. The molecule has 1 N–H and O–H groups in total. The highest BCUT2D eigenvalue weighted by atomic mass is 19.3. The van der Waals surface area contributed by atoms with E-state index in [0.717, 1.165) is 28.0 Å². The van der Waals surface area contributed by atoms with E-state index in [9.17, 15) is 8.78 Å². The molecule has 0 spiro atoms. The van der Waals surface area contributed by atoms with Gasteiger partial charge >= 0.3 is 6.61 Å². The summed E-state index contributed by atoms with van der Waals surface area (Å²) in [5, 5.41) is 3.29. The number of nitrogens with zero attached hydrogens (tertiary/aromatic N) is 7. The summed E-state index contributed by atoms with van der Waals surface area (Å²) in [6, 6.07) is 11.5. The van der Waals surface area contributed by atoms with Crippen molar-refractivity contribution in [2.45, 2.75) is 19.6 Å². The molecule has 1 aliphatic rings. The molecule has 3 aromatic heterocycles. The average Bonchev–Trinajstić information content (AvgIpc) is 3.22. The van der Waals surface area contributed by atoms with Crippen molar-refractivity contribution in [2.24, 2.45) is 7.05 Å². The maximum absolute atomic E-state index is 12.4. The number of imidazole rings is 1. The second-order valence-electron chi connectivity index (χ2n) is 8.76. The molecule has 0 unspecified atom stereocenters. The number of nitrogens with one attached hydrogen (secondary N) is 1. The van der Waals surface area contributed by atoms with E-state index in [-0.39, 0.29) is 0 Å². The van der Waals surface area contributed by atoms with Gasteiger partial charge in [-0.3, -0.25) is 0 Å². The van der Waals surface area contributed by atoms with Crippen LogP contribution in [0, 0.1) is 6.92 Å². The van der Waals surface area contributed by atoms with E-state index in [1.54, 1.807) is 17.4 Å². The number of benzene rings is 2. The molecule has 1 fully saturated rings. The Balaban J connectivity index is 1.20. The lowest BCUT2D eigenvalue weighted by molar-refractivity contribution is -0.167. The number of hydrogen-bond acceptors (Lipinski definition) is 9. The summed E-state index contributed by atoms with van der Waals surface area (Å²) in [7, 11) is 1.95. The number of alkyl halides is 2. The van der Waals surface area contributed by atoms with E-state index in [1.165, 1.54) is 6.33 Å². The smallest absolute Gasteiger partial charge is 0.345 e. The number of hydrogen-bond donors (Lipinski definition) is 1. The molecule has 2 aromatic carbocycles. The van der Waals surface area contributed by atoms with Crippen molar-refractivity contribution in [3.05, 3.63) is 60.8 Å². The van der Waals surface area contributed by atoms with Crippen LogP contribution in [0.1, 0.15) is 5.56 Å². The summed E-state index contributed by atoms with van der Waals surface area (Å²) in [5.74, 6) is 2.33. The van der Waals surface area contributed by atoms with E-state index in [4.69, 9.17) is 4.74 Å². The quantitative estimate of drug-likeness (QED) is 0.341. The van der Waals surface area contributed by atoms with Crippen LogP contribution in [0.2, 0.25) is 0 Å². The lowest BCUT2D eigenvalue weighted by atomic mass is 10.2. The second-order valence-corrected chi connectivity index (χ2v) is 8.76. The Hall–Kier alpha value is -4.45. The van der Waals surface area contributed by atoms with Gasteiger partial charge in [0.1, 0.15) is 28.9 Å². The van der Waals surface area contributed by atoms with Crippen molar-refractivity contribution in [3.63, 3.8) is 0 Å². The van der Waals surface area contributed by atoms with Gasteiger partial charge in [0, 0.05) is 31.9 Å². The Bertz CT molecular complexity index is 1600. The third-order valence-electron chi connectivity index (χ3n) is 6.15. The monoisotopic (exact) mass is 504 g/mol. The third-order valence-corrected chi connectivity index (χ3v) is 6.15. The summed E-state index contributed by atoms with van der Waals surface area (Å²) in [6.07, 6.45) is 4.25. The number of anilines is 3. The fourth-order valence-electron chi connectivity index (χ4n) is 4.21. The number of aromatic nitrogens is 6. The highest BCUT2D eigenvalue weighted by molar-refractivity contribution is 5.87. The van der Waals surface area contributed by atoms with Gasteiger partial charge < -0.3 is 24.3 Å². The van der Waals surface area contributed by atoms with Crippen LogP contribution in [0.3, 0.4) is 0 Å². The summed E-state index contributed by atoms with van der Waals surface area (Å²) in [6.45, 7) is -0.251. The van der Waals surface area contributed by atoms with Crippen LogP contribution in [-0.2, 0) is 11.8 Å². The number of halogens is 2. The Morgan fingerprint density at radius 2 is 1.89 bits per heavy atom. The van der Waals surface area contributed by atoms with Gasteiger partial charge in [0.25, 0.3) is 0 Å². The maximum atomic E-state index is 12.4. The van der Waals surface area contributed by atoms with Crippen LogP contribution < -0.4 is 15.0 Å². The highest BCUT2D eigenvalue weighted by Gasteiger charge is 2.32. The molecule has 0 radical (unpaired) electrons. The molecule has 0 aliphatic carbocycles. The molecule has 4 heterocycles. The topological polar surface area (TPSA) is 103 Å². The minimum Gasteiger partial charge on any atom is -0.457 e. The van der Waals surface area contributed by atoms with Gasteiger partial charge in [-0.25, -0.2) is 24.9 Å². The van der Waals surface area contributed by atoms with E-state index < -0.39 is 12.7 Å². The summed E-state index contributed by atoms with van der Waals surface area (Å²) < 4.78 is 37.4. The predicted molar refractivity (Wildman–Crippen MR) is 133 cm³/mol. The Morgan fingerprint density at radius 3 is 2.70 bits per heavy atom. The van der Waals surface area contributed by atoms with Gasteiger partial charge in [0.05, 0.1) is 29.7 Å². The molecular weight excluding hydrogens is 482 g/mol. The van der Waals surface area contributed by atoms with Crippen molar-refractivity contribution < 1.29 is 18.3 Å². The van der Waals surface area contributed by atoms with Crippen LogP contribution in [0.25, 0.3) is 22.1 Å². The van der Waals surface area contributed by atoms with Crippen LogP contribution >= 0.6 is 0 Å². The van der Waals surface area contributed by atoms with Gasteiger partial charge in [-0.2, -0.15) is 8.78 Å². The van der Waals surface area contributed by atoms with Gasteiger partial charge in [-0.05, 0) is 42.8 Å². The van der Waals surface area contributed by atoms with Crippen LogP contribution in [0.15, 0.2) is 55.2 Å². The van der Waals surface area contributed by atoms with Crippen molar-refractivity contribution in [3.8, 4) is 11.5 Å².